The van der Waals surface area contributed by atoms with Crippen molar-refractivity contribution in [2.24, 2.45) is 16.6 Å². The first kappa shape index (κ1) is 38.6. The summed E-state index contributed by atoms with van der Waals surface area (Å²) >= 11 is 3.32. The Morgan fingerprint density at radius 3 is 1.73 bits per heavy atom. The van der Waals surface area contributed by atoms with E-state index in [9.17, 15) is 4.79 Å². The van der Waals surface area contributed by atoms with Gasteiger partial charge in [0, 0.05) is 37.6 Å². The second kappa shape index (κ2) is 14.6. The molecule has 3 N–H and O–H groups in total. The van der Waals surface area contributed by atoms with E-state index in [1.54, 1.807) is 22.7 Å². The second-order valence-corrected chi connectivity index (χ2v) is 18.8. The molecule has 0 unspecified atom stereocenters. The summed E-state index contributed by atoms with van der Waals surface area (Å²) < 4.78 is 9.46. The van der Waals surface area contributed by atoms with E-state index in [1.165, 1.54) is 22.3 Å². The maximum atomic E-state index is 12.7. The Morgan fingerprint density at radius 2 is 1.23 bits per heavy atom. The number of nitrogens with two attached hydrogens (primary N) is 1. The zero-order valence-corrected chi connectivity index (χ0v) is 35.1. The molecule has 4 aromatic heterocycles. The number of ether oxygens (including phenoxy) is 1. The summed E-state index contributed by atoms with van der Waals surface area (Å²) in [6, 6.07) is 17.3. The largest absolute Gasteiger partial charge is 0.444 e. The molecular weight excluding hydrogens is 764 g/mol. The highest BCUT2D eigenvalue weighted by Gasteiger charge is 2.49. The van der Waals surface area contributed by atoms with Gasteiger partial charge in [-0.2, -0.15) is 0 Å². The van der Waals surface area contributed by atoms with Gasteiger partial charge in [-0.15, -0.1) is 22.6 Å². The van der Waals surface area contributed by atoms with Crippen LogP contribution in [0.1, 0.15) is 92.2 Å². The van der Waals surface area contributed by atoms with Crippen LogP contribution in [0, 0.1) is 24.7 Å². The molecular formula is C41H51ClN10O2S2. The molecule has 2 atom stereocenters. The molecule has 12 nitrogen and oxygen atoms in total. The summed E-state index contributed by atoms with van der Waals surface area (Å²) in [5.41, 5.74) is 13.9. The van der Waals surface area contributed by atoms with Crippen molar-refractivity contribution < 1.29 is 9.53 Å². The van der Waals surface area contributed by atoms with E-state index in [2.05, 4.69) is 73.6 Å². The molecule has 296 valence electrons. The van der Waals surface area contributed by atoms with Gasteiger partial charge >= 0.3 is 6.09 Å². The quantitative estimate of drug-likeness (QED) is 0.183. The number of halogens is 1. The Kier molecular flexibility index (Phi) is 10.1. The summed E-state index contributed by atoms with van der Waals surface area (Å²) in [7, 11) is 0. The number of benzene rings is 2. The van der Waals surface area contributed by atoms with Gasteiger partial charge in [-0.25, -0.2) is 23.8 Å². The van der Waals surface area contributed by atoms with Gasteiger partial charge in [-0.3, -0.25) is 0 Å². The van der Waals surface area contributed by atoms with Crippen LogP contribution in [-0.4, -0.2) is 67.1 Å². The van der Waals surface area contributed by atoms with Crippen molar-refractivity contribution in [3.8, 4) is 0 Å². The lowest BCUT2D eigenvalue weighted by molar-refractivity contribution is 0.0428. The van der Waals surface area contributed by atoms with Gasteiger partial charge in [0.25, 0.3) is 0 Å². The maximum absolute atomic E-state index is 12.7. The lowest BCUT2D eigenvalue weighted by atomic mass is 9.73. The molecule has 0 bridgehead atoms. The van der Waals surface area contributed by atoms with Gasteiger partial charge in [0.05, 0.1) is 29.8 Å². The minimum absolute atomic E-state index is 0. The first-order valence-electron chi connectivity index (χ1n) is 19.4. The number of amides is 1. The Morgan fingerprint density at radius 1 is 0.768 bits per heavy atom. The Labute approximate surface area is 341 Å². The van der Waals surface area contributed by atoms with Crippen LogP contribution in [0.15, 0.2) is 60.9 Å². The molecule has 1 amide bonds. The third-order valence-corrected chi connectivity index (χ3v) is 14.3. The molecule has 2 fully saturated rings. The SMILES string of the molecule is Cc1cnc2sc(N3CCC4(CC3)Cc3ccccc3[C@H]4N)nn12.Cc1cnc2sc(N3CCC4(CC3)Cc3ccccc3[C@H]4NC(=O)OC(C)(C)C)nn12.Cl. The molecule has 4 aliphatic rings. The van der Waals surface area contributed by atoms with Crippen LogP contribution in [0.2, 0.25) is 0 Å². The van der Waals surface area contributed by atoms with Crippen LogP contribution >= 0.6 is 35.1 Å². The number of fused-ring (bicyclic) bond motifs is 4. The van der Waals surface area contributed by atoms with Crippen LogP contribution < -0.4 is 20.9 Å². The topological polar surface area (TPSA) is 131 Å². The first-order valence-corrected chi connectivity index (χ1v) is 21.1. The predicted octanol–water partition coefficient (Wildman–Crippen LogP) is 7.87. The fourth-order valence-corrected chi connectivity index (χ4v) is 11.3. The van der Waals surface area contributed by atoms with Crippen LogP contribution in [0.3, 0.4) is 0 Å². The molecule has 6 aromatic rings. The molecule has 2 spiro atoms. The average molecular weight is 816 g/mol. The summed E-state index contributed by atoms with van der Waals surface area (Å²) in [5.74, 6) is 0. The normalized spacial score (nSPS) is 20.8. The number of piperidine rings is 2. The number of aryl methyl sites for hydroxylation is 2. The fraction of sp³-hybridized carbons (Fsp3) is 0.488. The van der Waals surface area contributed by atoms with Gasteiger partial charge in [0.15, 0.2) is 0 Å². The van der Waals surface area contributed by atoms with Crippen molar-refractivity contribution in [2.75, 3.05) is 36.0 Å². The minimum atomic E-state index is -0.515. The number of anilines is 2. The van der Waals surface area contributed by atoms with E-state index < -0.39 is 5.60 Å². The molecule has 56 heavy (non-hydrogen) atoms. The number of carbonyl (C=O) groups excluding carboxylic acids is 1. The predicted molar refractivity (Wildman–Crippen MR) is 226 cm³/mol. The summed E-state index contributed by atoms with van der Waals surface area (Å²) in [6.07, 6.45) is 9.74. The Balaban J connectivity index is 0.000000159. The van der Waals surface area contributed by atoms with E-state index >= 15 is 0 Å². The van der Waals surface area contributed by atoms with Crippen molar-refractivity contribution >= 4 is 61.4 Å². The lowest BCUT2D eigenvalue weighted by Crippen LogP contribution is -2.47. The minimum Gasteiger partial charge on any atom is -0.444 e. The summed E-state index contributed by atoms with van der Waals surface area (Å²) in [5, 5.41) is 14.8. The van der Waals surface area contributed by atoms with Crippen molar-refractivity contribution in [3.05, 3.63) is 94.6 Å². The van der Waals surface area contributed by atoms with Crippen LogP contribution in [0.4, 0.5) is 15.1 Å². The highest BCUT2D eigenvalue weighted by Crippen LogP contribution is 2.53. The van der Waals surface area contributed by atoms with E-state index in [0.29, 0.717) is 0 Å². The molecule has 0 radical (unpaired) electrons. The van der Waals surface area contributed by atoms with Crippen LogP contribution in [0.25, 0.3) is 9.92 Å². The lowest BCUT2D eigenvalue weighted by Gasteiger charge is -2.43. The monoisotopic (exact) mass is 814 g/mol. The summed E-state index contributed by atoms with van der Waals surface area (Å²) in [4.78, 5) is 28.2. The summed E-state index contributed by atoms with van der Waals surface area (Å²) in [6.45, 7) is 13.6. The molecule has 15 heteroatoms. The van der Waals surface area contributed by atoms with Crippen molar-refractivity contribution in [1.82, 2.24) is 34.5 Å². The number of aromatic nitrogens is 6. The first-order chi connectivity index (χ1) is 26.4. The Bertz CT molecular complexity index is 2360. The smallest absolute Gasteiger partial charge is 0.408 e. The standard InChI is InChI=1S/C23H29N5O2S.C18H21N5S.ClH/c1-15-14-24-19-28(15)26-20(31-19)27-11-9-23(10-12-27)13-16-7-5-6-8-17(16)18(23)25-21(29)30-22(2,3)4;1-12-11-20-16-23(12)21-17(24-16)22-8-6-18(7-9-22)10-13-4-2-3-5-14(13)15(18)19;/h5-8,14,18H,9-13H2,1-4H3,(H,25,29);2-5,11,15H,6-10,19H2,1H3;1H/t18-;15-;/m11./s1. The second-order valence-electron chi connectivity index (χ2n) is 17.0. The van der Waals surface area contributed by atoms with Gasteiger partial charge in [0.2, 0.25) is 20.2 Å². The molecule has 2 aliphatic heterocycles. The van der Waals surface area contributed by atoms with E-state index in [1.807, 2.05) is 56.0 Å². The number of nitrogens with zero attached hydrogens (tertiary/aromatic N) is 8. The van der Waals surface area contributed by atoms with Gasteiger partial charge in [-0.1, -0.05) is 71.2 Å². The number of hydrogen-bond acceptors (Lipinski definition) is 11. The zero-order chi connectivity index (χ0) is 38.1. The molecule has 2 aliphatic carbocycles. The van der Waals surface area contributed by atoms with Gasteiger partial charge in [0.1, 0.15) is 5.60 Å². The average Bonchev–Trinajstić information content (AvgIpc) is 4.01. The molecule has 0 saturated carbocycles. The number of imidazole rings is 2. The zero-order valence-electron chi connectivity index (χ0n) is 32.7. The third kappa shape index (κ3) is 6.92. The number of rotatable bonds is 3. The number of hydrogen-bond donors (Lipinski definition) is 2. The van der Waals surface area contributed by atoms with Crippen molar-refractivity contribution in [2.45, 2.75) is 90.8 Å². The molecule has 6 heterocycles. The highest BCUT2D eigenvalue weighted by atomic mass is 35.5. The van der Waals surface area contributed by atoms with Crippen LogP contribution in [0.5, 0.6) is 0 Å². The van der Waals surface area contributed by atoms with Crippen LogP contribution in [-0.2, 0) is 17.6 Å². The van der Waals surface area contributed by atoms with Gasteiger partial charge in [-0.05, 0) is 101 Å². The maximum Gasteiger partial charge on any atom is 0.408 e. The molecule has 2 saturated heterocycles. The molecule has 2 aromatic carbocycles. The van der Waals surface area contributed by atoms with E-state index in [-0.39, 0.29) is 41.4 Å². The number of carbonyl (C=O) groups is 1. The van der Waals surface area contributed by atoms with Crippen molar-refractivity contribution in [3.63, 3.8) is 0 Å². The van der Waals surface area contributed by atoms with Crippen molar-refractivity contribution in [1.29, 1.82) is 0 Å². The highest BCUT2D eigenvalue weighted by molar-refractivity contribution is 7.20. The number of alkyl carbamates (subject to hydrolysis) is 1. The van der Waals surface area contributed by atoms with E-state index in [4.69, 9.17) is 20.7 Å². The number of nitrogens with one attached hydrogen (secondary N) is 1. The Hall–Kier alpha value is -4.24. The van der Waals surface area contributed by atoms with Gasteiger partial charge < -0.3 is 25.6 Å². The molecule has 10 rings (SSSR count). The fourth-order valence-electron chi connectivity index (χ4n) is 9.33. The van der Waals surface area contributed by atoms with E-state index in [0.717, 1.165) is 96.3 Å². The third-order valence-electron chi connectivity index (χ3n) is 12.3.